The maximum atomic E-state index is 3.79. The van der Waals surface area contributed by atoms with Crippen LogP contribution in [-0.2, 0) is 0 Å². The molecular formula is C21H24N2S. The molecule has 0 amide bonds. The van der Waals surface area contributed by atoms with Crippen molar-refractivity contribution < 1.29 is 0 Å². The molecule has 1 fully saturated rings. The number of benzene rings is 2. The topological polar surface area (TPSA) is 24.1 Å². The quantitative estimate of drug-likeness (QED) is 0.714. The molecule has 0 radical (unpaired) electrons. The van der Waals surface area contributed by atoms with Crippen LogP contribution in [0.15, 0.2) is 60.0 Å². The van der Waals surface area contributed by atoms with Gasteiger partial charge < -0.3 is 10.6 Å². The van der Waals surface area contributed by atoms with Crippen LogP contribution < -0.4 is 10.6 Å². The van der Waals surface area contributed by atoms with Crippen molar-refractivity contribution in [3.8, 4) is 0 Å². The van der Waals surface area contributed by atoms with Gasteiger partial charge in [0.1, 0.15) is 0 Å². The number of thiophene rings is 1. The number of hydrogen-bond donors (Lipinski definition) is 2. The minimum atomic E-state index is 0.387. The van der Waals surface area contributed by atoms with Gasteiger partial charge >= 0.3 is 0 Å². The molecule has 3 atom stereocenters. The van der Waals surface area contributed by atoms with Crippen LogP contribution in [0.4, 0.5) is 0 Å². The first-order chi connectivity index (χ1) is 11.8. The predicted octanol–water partition coefficient (Wildman–Crippen LogP) is 4.56. The molecule has 4 rings (SSSR count). The number of hydrogen-bond acceptors (Lipinski definition) is 3. The van der Waals surface area contributed by atoms with Crippen molar-refractivity contribution in [1.82, 2.24) is 10.6 Å². The minimum absolute atomic E-state index is 0.387. The Morgan fingerprint density at radius 2 is 1.88 bits per heavy atom. The summed E-state index contributed by atoms with van der Waals surface area (Å²) in [6, 6.07) is 20.0. The molecule has 1 aromatic heterocycles. The molecule has 124 valence electrons. The van der Waals surface area contributed by atoms with Crippen LogP contribution in [-0.4, -0.2) is 19.6 Å². The molecule has 0 saturated carbocycles. The highest BCUT2D eigenvalue weighted by atomic mass is 32.1. The zero-order chi connectivity index (χ0) is 16.4. The van der Waals surface area contributed by atoms with Crippen molar-refractivity contribution in [3.05, 3.63) is 71.1 Å². The van der Waals surface area contributed by atoms with E-state index in [-0.39, 0.29) is 0 Å². The second-order valence-corrected chi connectivity index (χ2v) is 7.66. The van der Waals surface area contributed by atoms with Gasteiger partial charge in [-0.15, -0.1) is 11.3 Å². The van der Waals surface area contributed by atoms with E-state index >= 15 is 0 Å². The Morgan fingerprint density at radius 1 is 1.08 bits per heavy atom. The van der Waals surface area contributed by atoms with E-state index < -0.39 is 0 Å². The number of rotatable bonds is 5. The van der Waals surface area contributed by atoms with Crippen molar-refractivity contribution in [3.63, 3.8) is 0 Å². The molecule has 3 heteroatoms. The molecule has 3 aromatic rings. The Bertz CT molecular complexity index is 796. The van der Waals surface area contributed by atoms with Crippen LogP contribution in [0, 0.1) is 5.92 Å². The van der Waals surface area contributed by atoms with Gasteiger partial charge in [-0.2, -0.15) is 0 Å². The van der Waals surface area contributed by atoms with Crippen LogP contribution in [0.1, 0.15) is 30.0 Å². The van der Waals surface area contributed by atoms with Crippen LogP contribution in [0.25, 0.3) is 10.1 Å². The summed E-state index contributed by atoms with van der Waals surface area (Å²) in [4.78, 5) is 0. The van der Waals surface area contributed by atoms with E-state index in [0.29, 0.717) is 17.9 Å². The summed E-state index contributed by atoms with van der Waals surface area (Å²) in [7, 11) is 0. The first-order valence-corrected chi connectivity index (χ1v) is 9.66. The predicted molar refractivity (Wildman–Crippen MR) is 104 cm³/mol. The molecular weight excluding hydrogens is 312 g/mol. The van der Waals surface area contributed by atoms with Crippen molar-refractivity contribution >= 4 is 21.4 Å². The molecule has 2 N–H and O–H groups in total. The van der Waals surface area contributed by atoms with Gasteiger partial charge in [-0.05, 0) is 47.3 Å². The lowest BCUT2D eigenvalue weighted by atomic mass is 9.88. The standard InChI is InChI=1S/C21H24N2S/c1-15(20-14-24-21-10-6-5-9-18(20)21)23-12-17-11-22-13-19(17)16-7-3-2-4-8-16/h2-10,14-15,17,19,22-23H,11-13H2,1H3/t15?,17-,19+/m0/s1. The normalized spacial score (nSPS) is 22.0. The fraction of sp³-hybridized carbons (Fsp3) is 0.333. The summed E-state index contributed by atoms with van der Waals surface area (Å²) in [6.45, 7) is 5.53. The summed E-state index contributed by atoms with van der Waals surface area (Å²) in [5.41, 5.74) is 2.89. The van der Waals surface area contributed by atoms with Crippen molar-refractivity contribution in [1.29, 1.82) is 0 Å². The molecule has 24 heavy (non-hydrogen) atoms. The van der Waals surface area contributed by atoms with Gasteiger partial charge in [-0.25, -0.2) is 0 Å². The van der Waals surface area contributed by atoms with Gasteiger partial charge in [-0.1, -0.05) is 48.5 Å². The molecule has 0 aliphatic carbocycles. The average molecular weight is 337 g/mol. The van der Waals surface area contributed by atoms with E-state index in [0.717, 1.165) is 19.6 Å². The maximum Gasteiger partial charge on any atom is 0.0346 e. The fourth-order valence-corrected chi connectivity index (χ4v) is 4.86. The van der Waals surface area contributed by atoms with Crippen molar-refractivity contribution in [2.75, 3.05) is 19.6 Å². The van der Waals surface area contributed by atoms with Crippen molar-refractivity contribution in [2.24, 2.45) is 5.92 Å². The highest BCUT2D eigenvalue weighted by Crippen LogP contribution is 2.31. The Morgan fingerprint density at radius 3 is 2.75 bits per heavy atom. The zero-order valence-electron chi connectivity index (χ0n) is 14.0. The summed E-state index contributed by atoms with van der Waals surface area (Å²) in [5, 5.41) is 11.1. The Kier molecular flexibility index (Phi) is 4.65. The molecule has 1 saturated heterocycles. The lowest BCUT2D eigenvalue weighted by Gasteiger charge is -2.22. The van der Waals surface area contributed by atoms with E-state index in [1.807, 2.05) is 11.3 Å². The smallest absolute Gasteiger partial charge is 0.0346 e. The molecule has 1 aliphatic rings. The third-order valence-electron chi connectivity index (χ3n) is 5.23. The first-order valence-electron chi connectivity index (χ1n) is 8.78. The zero-order valence-corrected chi connectivity index (χ0v) is 14.9. The molecule has 0 bridgehead atoms. The molecule has 1 unspecified atom stereocenters. The highest BCUT2D eigenvalue weighted by Gasteiger charge is 2.28. The van der Waals surface area contributed by atoms with Gasteiger partial charge in [0, 0.05) is 29.7 Å². The van der Waals surface area contributed by atoms with E-state index in [1.165, 1.54) is 21.2 Å². The lowest BCUT2D eigenvalue weighted by Crippen LogP contribution is -2.29. The van der Waals surface area contributed by atoms with Gasteiger partial charge in [0.25, 0.3) is 0 Å². The number of nitrogens with one attached hydrogen (secondary N) is 2. The second-order valence-electron chi connectivity index (χ2n) is 6.75. The molecule has 2 heterocycles. The molecule has 2 nitrogen and oxygen atoms in total. The summed E-state index contributed by atoms with van der Waals surface area (Å²) in [5.74, 6) is 1.27. The third-order valence-corrected chi connectivity index (χ3v) is 6.21. The fourth-order valence-electron chi connectivity index (χ4n) is 3.81. The third kappa shape index (κ3) is 3.12. The Hall–Kier alpha value is -1.68. The number of fused-ring (bicyclic) bond motifs is 1. The minimum Gasteiger partial charge on any atom is -0.316 e. The molecule has 0 spiro atoms. The van der Waals surface area contributed by atoms with Gasteiger partial charge in [0.15, 0.2) is 0 Å². The van der Waals surface area contributed by atoms with E-state index in [1.54, 1.807) is 0 Å². The summed E-state index contributed by atoms with van der Waals surface area (Å²) < 4.78 is 1.38. The maximum absolute atomic E-state index is 3.79. The SMILES string of the molecule is CC(NC[C@@H]1CNC[C@@H]1c1ccccc1)c1csc2ccccc12. The van der Waals surface area contributed by atoms with E-state index in [2.05, 4.69) is 77.5 Å². The van der Waals surface area contributed by atoms with Gasteiger partial charge in [-0.3, -0.25) is 0 Å². The molecule has 1 aliphatic heterocycles. The van der Waals surface area contributed by atoms with Crippen LogP contribution in [0.2, 0.25) is 0 Å². The highest BCUT2D eigenvalue weighted by molar-refractivity contribution is 7.17. The van der Waals surface area contributed by atoms with Crippen molar-refractivity contribution in [2.45, 2.75) is 18.9 Å². The monoisotopic (exact) mass is 336 g/mol. The average Bonchev–Trinajstić information content (AvgIpc) is 3.27. The van der Waals surface area contributed by atoms with Gasteiger partial charge in [0.2, 0.25) is 0 Å². The second kappa shape index (κ2) is 7.06. The Labute approximate surface area is 147 Å². The van der Waals surface area contributed by atoms with Crippen LogP contribution in [0.3, 0.4) is 0 Å². The van der Waals surface area contributed by atoms with E-state index in [4.69, 9.17) is 0 Å². The van der Waals surface area contributed by atoms with E-state index in [9.17, 15) is 0 Å². The van der Waals surface area contributed by atoms with Crippen LogP contribution in [0.5, 0.6) is 0 Å². The summed E-state index contributed by atoms with van der Waals surface area (Å²) >= 11 is 1.85. The first kappa shape index (κ1) is 15.8. The summed E-state index contributed by atoms with van der Waals surface area (Å²) in [6.07, 6.45) is 0. The lowest BCUT2D eigenvalue weighted by molar-refractivity contribution is 0.440. The molecule has 2 aromatic carbocycles. The Balaban J connectivity index is 1.44. The van der Waals surface area contributed by atoms with Gasteiger partial charge in [0.05, 0.1) is 0 Å². The van der Waals surface area contributed by atoms with Crippen LogP contribution >= 0.6 is 11.3 Å². The largest absolute Gasteiger partial charge is 0.316 e.